The average molecular weight is 731 g/mol. The van der Waals surface area contributed by atoms with Crippen LogP contribution in [0.1, 0.15) is 190 Å². The van der Waals surface area contributed by atoms with Crippen molar-refractivity contribution in [2.75, 3.05) is 0 Å². The van der Waals surface area contributed by atoms with E-state index in [1.807, 2.05) is 19.1 Å². The van der Waals surface area contributed by atoms with Gasteiger partial charge in [-0.2, -0.15) is 0 Å². The van der Waals surface area contributed by atoms with Gasteiger partial charge >= 0.3 is 0 Å². The fourth-order valence-electron chi connectivity index (χ4n) is 7.81. The first-order valence-corrected chi connectivity index (χ1v) is 21.0. The molecule has 0 bridgehead atoms. The highest BCUT2D eigenvalue weighted by atomic mass is 16.3. The van der Waals surface area contributed by atoms with Crippen molar-refractivity contribution < 1.29 is 34.5 Å². The molecule has 0 aromatic heterocycles. The quantitative estimate of drug-likeness (QED) is 0.0597. The zero-order chi connectivity index (χ0) is 39.2. The van der Waals surface area contributed by atoms with E-state index in [-0.39, 0.29) is 58.6 Å². The van der Waals surface area contributed by atoms with Crippen LogP contribution in [0.2, 0.25) is 0 Å². The Hall–Kier alpha value is -1.96. The van der Waals surface area contributed by atoms with Crippen molar-refractivity contribution >= 4 is 23.1 Å². The van der Waals surface area contributed by atoms with Gasteiger partial charge in [0, 0.05) is 49.4 Å². The van der Waals surface area contributed by atoms with Crippen LogP contribution in [0, 0.1) is 29.1 Å². The third-order valence-electron chi connectivity index (χ3n) is 11.3. The number of hydrogen-bond donors (Lipinski definition) is 3. The van der Waals surface area contributed by atoms with Crippen LogP contribution in [0.3, 0.4) is 0 Å². The molecule has 2 aliphatic carbocycles. The maximum absolute atomic E-state index is 12.3. The summed E-state index contributed by atoms with van der Waals surface area (Å²) in [7, 11) is 0. The fraction of sp³-hybridized carbons (Fsp3) is 0.822. The third kappa shape index (κ3) is 20.5. The first kappa shape index (κ1) is 48.1. The van der Waals surface area contributed by atoms with Crippen molar-refractivity contribution in [2.45, 2.75) is 208 Å². The van der Waals surface area contributed by atoms with Crippen LogP contribution in [0.4, 0.5) is 0 Å². The van der Waals surface area contributed by atoms with Gasteiger partial charge in [0.15, 0.2) is 0 Å². The Morgan fingerprint density at radius 1 is 0.635 bits per heavy atom. The Kier molecular flexibility index (Phi) is 24.0. The Labute approximate surface area is 317 Å². The molecule has 0 unspecified atom stereocenters. The lowest BCUT2D eigenvalue weighted by molar-refractivity contribution is -0.122. The largest absolute Gasteiger partial charge is 0.392 e. The molecule has 0 radical (unpaired) electrons. The molecule has 3 N–H and O–H groups in total. The van der Waals surface area contributed by atoms with Crippen LogP contribution in [0.25, 0.3) is 0 Å². The predicted octanol–water partition coefficient (Wildman–Crippen LogP) is 10.0. The second kappa shape index (κ2) is 26.0. The number of carbonyl (C=O) groups is 4. The number of hydrogen-bond acceptors (Lipinski definition) is 7. The molecule has 300 valence electrons. The van der Waals surface area contributed by atoms with Crippen LogP contribution in [-0.2, 0) is 19.2 Å². The van der Waals surface area contributed by atoms with Gasteiger partial charge in [0.05, 0.1) is 17.8 Å². The number of ketones is 4. The van der Waals surface area contributed by atoms with Crippen molar-refractivity contribution in [3.05, 3.63) is 24.3 Å². The smallest absolute Gasteiger partial charge is 0.139 e. The molecule has 2 aliphatic rings. The van der Waals surface area contributed by atoms with E-state index in [0.29, 0.717) is 25.7 Å². The van der Waals surface area contributed by atoms with Crippen LogP contribution >= 0.6 is 0 Å². The summed E-state index contributed by atoms with van der Waals surface area (Å²) in [4.78, 5) is 46.4. The van der Waals surface area contributed by atoms with E-state index >= 15 is 0 Å². The van der Waals surface area contributed by atoms with E-state index in [2.05, 4.69) is 39.8 Å². The highest BCUT2D eigenvalue weighted by molar-refractivity contribution is 5.85. The van der Waals surface area contributed by atoms with E-state index in [1.54, 1.807) is 13.8 Å². The number of aliphatic hydroxyl groups excluding tert-OH is 2. The number of carbonyl (C=O) groups excluding carboxylic acids is 4. The SMILES string of the molecule is CCCCC(C)(C)C/C=C/[C@H]1[C@H](O)CC(=O)[C@@H]1CCCCCCC(C)=O.CCCC[C@@](C)(O)C/C=C/[C@H]1[C@H](O)CC(=O)[C@@H]1CCCCCCC(C)=O. The fourth-order valence-corrected chi connectivity index (χ4v) is 7.81. The molecule has 0 heterocycles. The zero-order valence-corrected chi connectivity index (χ0v) is 34.3. The second-order valence-electron chi connectivity index (χ2n) is 17.3. The Bertz CT molecular complexity index is 1020. The van der Waals surface area contributed by atoms with Crippen LogP contribution in [0.15, 0.2) is 24.3 Å². The van der Waals surface area contributed by atoms with Gasteiger partial charge in [0.2, 0.25) is 0 Å². The van der Waals surface area contributed by atoms with Crippen molar-refractivity contribution in [2.24, 2.45) is 29.1 Å². The molecule has 0 aliphatic heterocycles. The van der Waals surface area contributed by atoms with Gasteiger partial charge < -0.3 is 24.9 Å². The summed E-state index contributed by atoms with van der Waals surface area (Å²) in [6, 6.07) is 0. The molecule has 2 fully saturated rings. The molecule has 7 atom stereocenters. The number of unbranched alkanes of at least 4 members (excludes halogenated alkanes) is 8. The summed E-state index contributed by atoms with van der Waals surface area (Å²) in [5.41, 5.74) is -0.432. The van der Waals surface area contributed by atoms with Gasteiger partial charge in [0.1, 0.15) is 23.1 Å². The minimum absolute atomic E-state index is 0.0123. The molecule has 2 rings (SSSR count). The minimum Gasteiger partial charge on any atom is -0.392 e. The highest BCUT2D eigenvalue weighted by Gasteiger charge is 2.40. The topological polar surface area (TPSA) is 129 Å². The molecule has 7 heteroatoms. The molecule has 2 saturated carbocycles. The summed E-state index contributed by atoms with van der Waals surface area (Å²) >= 11 is 0. The summed E-state index contributed by atoms with van der Waals surface area (Å²) in [5.74, 6) is 0.617. The van der Waals surface area contributed by atoms with E-state index in [9.17, 15) is 34.5 Å². The Morgan fingerprint density at radius 2 is 1.04 bits per heavy atom. The Morgan fingerprint density at radius 3 is 1.46 bits per heavy atom. The normalized spacial score (nSPS) is 24.8. The molecule has 7 nitrogen and oxygen atoms in total. The number of Topliss-reactive ketones (excluding diaryl/α,β-unsaturated/α-hetero) is 4. The standard InChI is InChI=1S/C23H40O3.C22H38O4/c1-5-6-15-23(3,4)16-11-14-20-19(21(25)17-22(20)26)13-10-8-7-9-12-18(2)24;1-4-5-14-22(3,26)15-10-13-19-18(20(24)16-21(19)25)12-9-7-6-8-11-17(2)23/h11,14,19-20,22,26H,5-10,12-13,15-17H2,1-4H3;10,13,18-19,21,25-26H,4-9,11-12,14-16H2,1-3H3/b14-11+;13-10+/t19-,20-,22-;18-,19-,21-,22-/m11/s1. The highest BCUT2D eigenvalue weighted by Crippen LogP contribution is 2.36. The molecular weight excluding hydrogens is 652 g/mol. The third-order valence-corrected chi connectivity index (χ3v) is 11.3. The van der Waals surface area contributed by atoms with Crippen LogP contribution < -0.4 is 0 Å². The van der Waals surface area contributed by atoms with Crippen molar-refractivity contribution in [3.8, 4) is 0 Å². The first-order valence-electron chi connectivity index (χ1n) is 21.0. The van der Waals surface area contributed by atoms with E-state index in [0.717, 1.165) is 89.9 Å². The van der Waals surface area contributed by atoms with E-state index < -0.39 is 17.8 Å². The van der Waals surface area contributed by atoms with Crippen molar-refractivity contribution in [3.63, 3.8) is 0 Å². The molecule has 52 heavy (non-hydrogen) atoms. The van der Waals surface area contributed by atoms with Crippen LogP contribution in [-0.4, -0.2) is 56.3 Å². The Balaban J connectivity index is 0.000000520. The summed E-state index contributed by atoms with van der Waals surface area (Å²) in [5, 5.41) is 30.9. The van der Waals surface area contributed by atoms with Gasteiger partial charge in [0.25, 0.3) is 0 Å². The number of rotatable bonds is 26. The molecular formula is C45H78O7. The van der Waals surface area contributed by atoms with Gasteiger partial charge in [-0.3, -0.25) is 9.59 Å². The van der Waals surface area contributed by atoms with E-state index in [4.69, 9.17) is 0 Å². The lowest BCUT2D eigenvalue weighted by atomic mass is 9.82. The van der Waals surface area contributed by atoms with Gasteiger partial charge in [-0.25, -0.2) is 0 Å². The summed E-state index contributed by atoms with van der Waals surface area (Å²) in [6.07, 6.45) is 26.7. The summed E-state index contributed by atoms with van der Waals surface area (Å²) < 4.78 is 0. The number of allylic oxidation sites excluding steroid dienone is 1. The van der Waals surface area contributed by atoms with Gasteiger partial charge in [-0.15, -0.1) is 0 Å². The molecule has 0 amide bonds. The number of aliphatic hydroxyl groups is 3. The predicted molar refractivity (Wildman–Crippen MR) is 213 cm³/mol. The van der Waals surface area contributed by atoms with E-state index in [1.165, 1.54) is 19.3 Å². The maximum Gasteiger partial charge on any atom is 0.139 e. The molecule has 0 spiro atoms. The van der Waals surface area contributed by atoms with Crippen LogP contribution in [0.5, 0.6) is 0 Å². The molecule has 0 aromatic rings. The summed E-state index contributed by atoms with van der Waals surface area (Å²) in [6.45, 7) is 14.0. The van der Waals surface area contributed by atoms with Crippen molar-refractivity contribution in [1.29, 1.82) is 0 Å². The van der Waals surface area contributed by atoms with Gasteiger partial charge in [-0.1, -0.05) is 116 Å². The maximum atomic E-state index is 12.3. The van der Waals surface area contributed by atoms with Crippen molar-refractivity contribution in [1.82, 2.24) is 0 Å². The van der Waals surface area contributed by atoms with Gasteiger partial charge in [-0.05, 0) is 77.6 Å². The lowest BCUT2D eigenvalue weighted by Crippen LogP contribution is -2.23. The average Bonchev–Trinajstić information content (AvgIpc) is 3.49. The minimum atomic E-state index is -0.716. The monoisotopic (exact) mass is 731 g/mol. The zero-order valence-electron chi connectivity index (χ0n) is 34.3. The lowest BCUT2D eigenvalue weighted by Gasteiger charge is -2.23. The molecule has 0 aromatic carbocycles. The molecule has 0 saturated heterocycles. The second-order valence-corrected chi connectivity index (χ2v) is 17.3. The first-order chi connectivity index (χ1) is 24.5.